The SMILES string of the molecule is CCCCC/C=C\C/C=C\CCCCCCCCCC(=O)NC(COP(=O)([O-])OCC[N+](C)(C)C)C(O)C(O)CCC/C=C/CC/C=C/CCCCC. The van der Waals surface area contributed by atoms with Gasteiger partial charge in [-0.2, -0.15) is 0 Å². The van der Waals surface area contributed by atoms with Gasteiger partial charge >= 0.3 is 0 Å². The smallest absolute Gasteiger partial charge is 0.268 e. The van der Waals surface area contributed by atoms with Crippen LogP contribution in [0.3, 0.4) is 0 Å². The Bertz CT molecular complexity index is 1020. The Kier molecular flexibility index (Phi) is 33.8. The van der Waals surface area contributed by atoms with Gasteiger partial charge in [-0.05, 0) is 83.5 Å². The van der Waals surface area contributed by atoms with Crippen molar-refractivity contribution in [3.8, 4) is 0 Å². The van der Waals surface area contributed by atoms with E-state index >= 15 is 0 Å². The first-order valence-electron chi connectivity index (χ1n) is 21.1. The third-order valence-corrected chi connectivity index (χ3v) is 10.1. The van der Waals surface area contributed by atoms with E-state index in [0.717, 1.165) is 57.8 Å². The van der Waals surface area contributed by atoms with Gasteiger partial charge < -0.3 is 34.0 Å². The number of aliphatic hydroxyl groups excluding tert-OH is 2. The van der Waals surface area contributed by atoms with Crippen molar-refractivity contribution in [2.24, 2.45) is 0 Å². The van der Waals surface area contributed by atoms with Crippen molar-refractivity contribution in [3.63, 3.8) is 0 Å². The molecule has 0 aromatic carbocycles. The van der Waals surface area contributed by atoms with E-state index in [1.807, 2.05) is 21.1 Å². The maximum atomic E-state index is 12.9. The lowest BCUT2D eigenvalue weighted by Crippen LogP contribution is -2.51. The molecule has 0 aromatic rings. The van der Waals surface area contributed by atoms with Crippen molar-refractivity contribution >= 4 is 13.7 Å². The van der Waals surface area contributed by atoms with Gasteiger partial charge in [0, 0.05) is 6.42 Å². The Morgan fingerprint density at radius 2 is 1.15 bits per heavy atom. The molecule has 310 valence electrons. The van der Waals surface area contributed by atoms with Crippen molar-refractivity contribution in [1.29, 1.82) is 0 Å². The molecule has 0 aliphatic heterocycles. The standard InChI is InChI=1S/C43H81N2O7P/c1-6-8-10-12-14-16-18-20-21-22-23-24-26-28-30-32-34-36-42(47)44-40(39-52-53(49,50)51-38-37-45(3,4)5)43(48)41(46)35-33-31-29-27-25-19-17-15-13-11-9-7-2/h14-17,20-21,27,29,40-41,43,46,48H,6-13,18-19,22-26,28,30-39H2,1-5H3,(H-,44,47,49,50)/b16-14-,17-15+,21-20-,29-27+. The number of carbonyl (C=O) groups is 1. The molecule has 0 saturated carbocycles. The summed E-state index contributed by atoms with van der Waals surface area (Å²) in [6.07, 6.45) is 38.6. The summed E-state index contributed by atoms with van der Waals surface area (Å²) in [5.74, 6) is -0.304. The number of allylic oxidation sites excluding steroid dienone is 8. The molecule has 0 heterocycles. The van der Waals surface area contributed by atoms with Gasteiger partial charge in [-0.1, -0.05) is 120 Å². The molecule has 0 bridgehead atoms. The minimum Gasteiger partial charge on any atom is -0.756 e. The normalized spacial score (nSPS) is 15.5. The van der Waals surface area contributed by atoms with Gasteiger partial charge in [0.2, 0.25) is 5.91 Å². The molecule has 0 spiro atoms. The molecule has 4 atom stereocenters. The predicted octanol–water partition coefficient (Wildman–Crippen LogP) is 9.64. The number of hydrogen-bond donors (Lipinski definition) is 3. The van der Waals surface area contributed by atoms with Crippen molar-refractivity contribution in [3.05, 3.63) is 48.6 Å². The Hall–Kier alpha value is -1.58. The Balaban J connectivity index is 4.61. The second kappa shape index (κ2) is 34.9. The van der Waals surface area contributed by atoms with Gasteiger partial charge in [0.05, 0.1) is 39.9 Å². The molecule has 1 amide bonds. The fourth-order valence-electron chi connectivity index (χ4n) is 5.65. The average Bonchev–Trinajstić information content (AvgIpc) is 3.10. The van der Waals surface area contributed by atoms with Gasteiger partial charge in [0.1, 0.15) is 19.3 Å². The van der Waals surface area contributed by atoms with E-state index in [0.29, 0.717) is 30.3 Å². The van der Waals surface area contributed by atoms with Crippen LogP contribution in [0, 0.1) is 0 Å². The van der Waals surface area contributed by atoms with E-state index in [2.05, 4.69) is 67.8 Å². The highest BCUT2D eigenvalue weighted by Crippen LogP contribution is 2.38. The monoisotopic (exact) mass is 769 g/mol. The van der Waals surface area contributed by atoms with E-state index in [4.69, 9.17) is 9.05 Å². The van der Waals surface area contributed by atoms with Crippen LogP contribution in [0.5, 0.6) is 0 Å². The van der Waals surface area contributed by atoms with Crippen LogP contribution in [-0.4, -0.2) is 79.8 Å². The van der Waals surface area contributed by atoms with Crippen molar-refractivity contribution in [1.82, 2.24) is 5.32 Å². The van der Waals surface area contributed by atoms with Crippen LogP contribution in [0.2, 0.25) is 0 Å². The first-order chi connectivity index (χ1) is 25.4. The second-order valence-corrected chi connectivity index (χ2v) is 16.9. The first kappa shape index (κ1) is 51.4. The average molecular weight is 769 g/mol. The molecule has 0 aliphatic carbocycles. The number of aliphatic hydroxyl groups is 2. The highest BCUT2D eigenvalue weighted by Gasteiger charge is 2.29. The minimum absolute atomic E-state index is 0.0522. The number of unbranched alkanes of at least 4 members (excludes halogenated alkanes) is 15. The van der Waals surface area contributed by atoms with Crippen LogP contribution < -0.4 is 10.2 Å². The summed E-state index contributed by atoms with van der Waals surface area (Å²) in [4.78, 5) is 25.3. The molecule has 0 aliphatic rings. The molecule has 53 heavy (non-hydrogen) atoms. The molecule has 0 aromatic heterocycles. The largest absolute Gasteiger partial charge is 0.756 e. The quantitative estimate of drug-likeness (QED) is 0.0249. The van der Waals surface area contributed by atoms with E-state index in [-0.39, 0.29) is 18.9 Å². The van der Waals surface area contributed by atoms with Crippen molar-refractivity contribution in [2.75, 3.05) is 40.9 Å². The summed E-state index contributed by atoms with van der Waals surface area (Å²) in [6, 6.07) is -1.10. The number of likely N-dealkylation sites (N-methyl/N-ethyl adjacent to an activating group) is 1. The zero-order chi connectivity index (χ0) is 39.5. The second-order valence-electron chi connectivity index (χ2n) is 15.5. The van der Waals surface area contributed by atoms with Crippen molar-refractivity contribution in [2.45, 2.75) is 180 Å². The number of carbonyl (C=O) groups excluding carboxylic acids is 1. The molecule has 10 heteroatoms. The molecular formula is C43H81N2O7P. The Labute approximate surface area is 325 Å². The van der Waals surface area contributed by atoms with Gasteiger partial charge in [0.15, 0.2) is 0 Å². The number of phosphoric acid groups is 1. The maximum Gasteiger partial charge on any atom is 0.268 e. The van der Waals surface area contributed by atoms with E-state index < -0.39 is 32.7 Å². The molecule has 0 fully saturated rings. The number of nitrogens with zero attached hydrogens (tertiary/aromatic N) is 1. The molecule has 0 radical (unpaired) electrons. The maximum absolute atomic E-state index is 12.9. The lowest BCUT2D eigenvalue weighted by Gasteiger charge is -2.31. The number of nitrogens with one attached hydrogen (secondary N) is 1. The molecule has 4 unspecified atom stereocenters. The molecular weight excluding hydrogens is 687 g/mol. The first-order valence-corrected chi connectivity index (χ1v) is 22.5. The summed E-state index contributed by atoms with van der Waals surface area (Å²) in [7, 11) is 1.08. The number of amides is 1. The third-order valence-electron chi connectivity index (χ3n) is 9.11. The van der Waals surface area contributed by atoms with Crippen molar-refractivity contribution < 1.29 is 38.0 Å². The van der Waals surface area contributed by atoms with Crippen LogP contribution in [-0.2, 0) is 18.4 Å². The predicted molar refractivity (Wildman–Crippen MR) is 220 cm³/mol. The number of phosphoric ester groups is 1. The number of quaternary nitrogens is 1. The molecule has 0 saturated heterocycles. The van der Waals surface area contributed by atoms with Gasteiger partial charge in [-0.25, -0.2) is 0 Å². The number of rotatable bonds is 37. The summed E-state index contributed by atoms with van der Waals surface area (Å²) < 4.78 is 23.1. The fourth-order valence-corrected chi connectivity index (χ4v) is 6.37. The summed E-state index contributed by atoms with van der Waals surface area (Å²) >= 11 is 0. The van der Waals surface area contributed by atoms with Crippen LogP contribution in [0.15, 0.2) is 48.6 Å². The fraction of sp³-hybridized carbons (Fsp3) is 0.791. The zero-order valence-electron chi connectivity index (χ0n) is 34.6. The van der Waals surface area contributed by atoms with E-state index in [9.17, 15) is 24.5 Å². The molecule has 3 N–H and O–H groups in total. The van der Waals surface area contributed by atoms with E-state index in [1.165, 1.54) is 64.2 Å². The summed E-state index contributed by atoms with van der Waals surface area (Å²) in [5, 5.41) is 24.5. The zero-order valence-corrected chi connectivity index (χ0v) is 35.5. The lowest BCUT2D eigenvalue weighted by atomic mass is 10.0. The van der Waals surface area contributed by atoms with Crippen LogP contribution in [0.4, 0.5) is 0 Å². The third kappa shape index (κ3) is 35.9. The number of hydrogen-bond acceptors (Lipinski definition) is 7. The van der Waals surface area contributed by atoms with Gasteiger partial charge in [0.25, 0.3) is 7.82 Å². The van der Waals surface area contributed by atoms with E-state index in [1.54, 1.807) is 0 Å². The highest BCUT2D eigenvalue weighted by molar-refractivity contribution is 7.45. The summed E-state index contributed by atoms with van der Waals surface area (Å²) in [6.45, 7) is 4.32. The van der Waals surface area contributed by atoms with Gasteiger partial charge in [-0.3, -0.25) is 9.36 Å². The Morgan fingerprint density at radius 3 is 1.70 bits per heavy atom. The van der Waals surface area contributed by atoms with Crippen LogP contribution >= 0.6 is 7.82 Å². The highest BCUT2D eigenvalue weighted by atomic mass is 31.2. The van der Waals surface area contributed by atoms with Crippen LogP contribution in [0.25, 0.3) is 0 Å². The molecule has 9 nitrogen and oxygen atoms in total. The van der Waals surface area contributed by atoms with Crippen LogP contribution in [0.1, 0.15) is 162 Å². The Morgan fingerprint density at radius 1 is 0.679 bits per heavy atom. The van der Waals surface area contributed by atoms with Gasteiger partial charge in [-0.15, -0.1) is 0 Å². The lowest BCUT2D eigenvalue weighted by molar-refractivity contribution is -0.870. The molecule has 0 rings (SSSR count). The minimum atomic E-state index is -4.68. The topological polar surface area (TPSA) is 128 Å². The summed E-state index contributed by atoms with van der Waals surface area (Å²) in [5.41, 5.74) is 0.